The molecule has 0 amide bonds. The Labute approximate surface area is 128 Å². The van der Waals surface area contributed by atoms with Gasteiger partial charge in [0.15, 0.2) is 0 Å². The summed E-state index contributed by atoms with van der Waals surface area (Å²) >= 11 is 0. The first-order valence-corrected chi connectivity index (χ1v) is 9.01. The van der Waals surface area contributed by atoms with Crippen LogP contribution in [0.5, 0.6) is 0 Å². The van der Waals surface area contributed by atoms with Crippen molar-refractivity contribution in [3.8, 4) is 0 Å². The van der Waals surface area contributed by atoms with E-state index in [0.717, 1.165) is 36.8 Å². The molecule has 0 aromatic heterocycles. The first-order valence-electron chi connectivity index (χ1n) is 7.52. The zero-order valence-electron chi connectivity index (χ0n) is 13.4. The molecule has 1 saturated carbocycles. The fraction of sp³-hybridized carbons (Fsp3) is 0.625. The van der Waals surface area contributed by atoms with E-state index in [1.54, 1.807) is 12.1 Å². The summed E-state index contributed by atoms with van der Waals surface area (Å²) in [6, 6.07) is 3.37. The number of sulfonamides is 1. The summed E-state index contributed by atoms with van der Waals surface area (Å²) in [5, 5.41) is 0. The molecule has 3 N–H and O–H groups in total. The Kier molecular flexibility index (Phi) is 4.36. The van der Waals surface area contributed by atoms with E-state index in [9.17, 15) is 8.42 Å². The lowest BCUT2D eigenvalue weighted by Crippen LogP contribution is -2.46. The quantitative estimate of drug-likeness (QED) is 0.842. The zero-order chi connectivity index (χ0) is 15.8. The molecule has 1 unspecified atom stereocenters. The molecule has 0 heterocycles. The molecule has 2 rings (SSSR count). The van der Waals surface area contributed by atoms with Gasteiger partial charge >= 0.3 is 0 Å². The van der Waals surface area contributed by atoms with Gasteiger partial charge in [-0.3, -0.25) is 0 Å². The van der Waals surface area contributed by atoms with Gasteiger partial charge in [-0.1, -0.05) is 26.7 Å². The van der Waals surface area contributed by atoms with E-state index in [4.69, 9.17) is 5.73 Å². The molecule has 118 valence electrons. The van der Waals surface area contributed by atoms with Gasteiger partial charge in [0.05, 0.1) is 5.69 Å². The van der Waals surface area contributed by atoms with Crippen molar-refractivity contribution in [3.63, 3.8) is 0 Å². The lowest BCUT2D eigenvalue weighted by atomic mass is 9.74. The topological polar surface area (TPSA) is 72.2 Å². The second kappa shape index (κ2) is 5.61. The van der Waals surface area contributed by atoms with E-state index in [-0.39, 0.29) is 16.4 Å². The predicted molar refractivity (Wildman–Crippen MR) is 86.7 cm³/mol. The molecule has 1 aliphatic rings. The minimum Gasteiger partial charge on any atom is -0.398 e. The minimum atomic E-state index is -3.58. The largest absolute Gasteiger partial charge is 0.398 e. The van der Waals surface area contributed by atoms with Crippen molar-refractivity contribution in [2.24, 2.45) is 5.41 Å². The molecule has 0 spiro atoms. The van der Waals surface area contributed by atoms with E-state index in [2.05, 4.69) is 18.6 Å². The Morgan fingerprint density at radius 3 is 2.43 bits per heavy atom. The highest BCUT2D eigenvalue weighted by molar-refractivity contribution is 7.89. The van der Waals surface area contributed by atoms with Crippen LogP contribution >= 0.6 is 0 Å². The van der Waals surface area contributed by atoms with Crippen molar-refractivity contribution >= 4 is 15.7 Å². The Balaban J connectivity index is 2.32. The third kappa shape index (κ3) is 3.40. The maximum Gasteiger partial charge on any atom is 0.242 e. The summed E-state index contributed by atoms with van der Waals surface area (Å²) in [7, 11) is -3.58. The highest BCUT2D eigenvalue weighted by Gasteiger charge is 2.35. The number of nitrogens with two attached hydrogens (primary N) is 1. The van der Waals surface area contributed by atoms with Crippen molar-refractivity contribution < 1.29 is 8.42 Å². The van der Waals surface area contributed by atoms with E-state index >= 15 is 0 Å². The first kappa shape index (κ1) is 16.3. The van der Waals surface area contributed by atoms with Crippen LogP contribution < -0.4 is 10.5 Å². The van der Waals surface area contributed by atoms with Crippen LogP contribution in [0.2, 0.25) is 0 Å². The van der Waals surface area contributed by atoms with E-state index in [1.165, 1.54) is 0 Å². The number of hydrogen-bond donors (Lipinski definition) is 2. The van der Waals surface area contributed by atoms with Crippen LogP contribution in [0.1, 0.15) is 50.7 Å². The Morgan fingerprint density at radius 2 is 1.81 bits per heavy atom. The predicted octanol–water partition coefficient (Wildman–Crippen LogP) is 3.13. The van der Waals surface area contributed by atoms with Crippen LogP contribution in [0.3, 0.4) is 0 Å². The molecule has 5 heteroatoms. The number of rotatable bonds is 3. The molecule has 0 aliphatic heterocycles. The standard InChI is InChI=1S/C16H26N2O2S/c1-11-9-13(17)14(10-12(11)2)21(19,20)18-15-7-5-6-8-16(15,3)4/h9-10,15,18H,5-8,17H2,1-4H3. The molecular weight excluding hydrogens is 284 g/mol. The second-order valence-corrected chi connectivity index (χ2v) is 8.56. The highest BCUT2D eigenvalue weighted by atomic mass is 32.2. The van der Waals surface area contributed by atoms with Crippen molar-refractivity contribution in [1.29, 1.82) is 0 Å². The van der Waals surface area contributed by atoms with E-state index < -0.39 is 10.0 Å². The molecular formula is C16H26N2O2S. The molecule has 1 atom stereocenters. The molecule has 21 heavy (non-hydrogen) atoms. The van der Waals surface area contributed by atoms with Crippen molar-refractivity contribution in [1.82, 2.24) is 4.72 Å². The van der Waals surface area contributed by atoms with Crippen molar-refractivity contribution in [2.75, 3.05) is 5.73 Å². The number of anilines is 1. The molecule has 0 radical (unpaired) electrons. The van der Waals surface area contributed by atoms with E-state index in [1.807, 2.05) is 13.8 Å². The Morgan fingerprint density at radius 1 is 1.19 bits per heavy atom. The lowest BCUT2D eigenvalue weighted by molar-refractivity contribution is 0.188. The van der Waals surface area contributed by atoms with Gasteiger partial charge in [0.25, 0.3) is 0 Å². The fourth-order valence-corrected chi connectivity index (χ4v) is 4.65. The van der Waals surface area contributed by atoms with Gasteiger partial charge < -0.3 is 5.73 Å². The number of benzene rings is 1. The Bertz CT molecular complexity index is 636. The van der Waals surface area contributed by atoms with E-state index in [0.29, 0.717) is 5.69 Å². The summed E-state index contributed by atoms with van der Waals surface area (Å²) < 4.78 is 28.2. The average Bonchev–Trinajstić information content (AvgIpc) is 2.36. The SMILES string of the molecule is Cc1cc(N)c(S(=O)(=O)NC2CCCCC2(C)C)cc1C. The number of aryl methyl sites for hydroxylation is 2. The second-order valence-electron chi connectivity index (χ2n) is 6.88. The Hall–Kier alpha value is -1.07. The summed E-state index contributed by atoms with van der Waals surface area (Å²) in [4.78, 5) is 0.201. The summed E-state index contributed by atoms with van der Waals surface area (Å²) in [6.07, 6.45) is 4.16. The van der Waals surface area contributed by atoms with Crippen LogP contribution in [0.25, 0.3) is 0 Å². The fourth-order valence-electron chi connectivity index (χ4n) is 3.01. The monoisotopic (exact) mass is 310 g/mol. The first-order chi connectivity index (χ1) is 9.63. The molecule has 0 bridgehead atoms. The maximum absolute atomic E-state index is 12.7. The molecule has 1 aromatic rings. The highest BCUT2D eigenvalue weighted by Crippen LogP contribution is 2.36. The van der Waals surface area contributed by atoms with Gasteiger partial charge in [-0.05, 0) is 55.4 Å². The smallest absolute Gasteiger partial charge is 0.242 e. The number of hydrogen-bond acceptors (Lipinski definition) is 3. The van der Waals surface area contributed by atoms with Gasteiger partial charge in [0, 0.05) is 6.04 Å². The van der Waals surface area contributed by atoms with Gasteiger partial charge in [0.2, 0.25) is 10.0 Å². The maximum atomic E-state index is 12.7. The van der Waals surface area contributed by atoms with Crippen LogP contribution in [0.15, 0.2) is 17.0 Å². The molecule has 4 nitrogen and oxygen atoms in total. The normalized spacial score (nSPS) is 22.2. The van der Waals surface area contributed by atoms with Gasteiger partial charge in [-0.2, -0.15) is 0 Å². The number of nitrogen functional groups attached to an aromatic ring is 1. The van der Waals surface area contributed by atoms with Gasteiger partial charge in [-0.15, -0.1) is 0 Å². The van der Waals surface area contributed by atoms with Crippen LogP contribution in [0, 0.1) is 19.3 Å². The van der Waals surface area contributed by atoms with Crippen LogP contribution in [-0.2, 0) is 10.0 Å². The minimum absolute atomic E-state index is 0.0141. The molecule has 1 aliphatic carbocycles. The summed E-state index contributed by atoms with van der Waals surface area (Å²) in [6.45, 7) is 8.09. The lowest BCUT2D eigenvalue weighted by Gasteiger charge is -2.38. The molecule has 1 fully saturated rings. The van der Waals surface area contributed by atoms with Crippen molar-refractivity contribution in [3.05, 3.63) is 23.3 Å². The zero-order valence-corrected chi connectivity index (χ0v) is 14.2. The van der Waals surface area contributed by atoms with Crippen LogP contribution in [0.4, 0.5) is 5.69 Å². The van der Waals surface area contributed by atoms with Crippen LogP contribution in [-0.4, -0.2) is 14.5 Å². The summed E-state index contributed by atoms with van der Waals surface area (Å²) in [5.41, 5.74) is 8.18. The third-order valence-corrected chi connectivity index (χ3v) is 6.25. The van der Waals surface area contributed by atoms with Crippen molar-refractivity contribution in [2.45, 2.75) is 64.3 Å². The third-order valence-electron chi connectivity index (χ3n) is 4.72. The van der Waals surface area contributed by atoms with Gasteiger partial charge in [-0.25, -0.2) is 13.1 Å². The number of nitrogens with one attached hydrogen (secondary N) is 1. The summed E-state index contributed by atoms with van der Waals surface area (Å²) in [5.74, 6) is 0. The molecule has 1 aromatic carbocycles. The molecule has 0 saturated heterocycles. The van der Waals surface area contributed by atoms with Gasteiger partial charge in [0.1, 0.15) is 4.90 Å². The average molecular weight is 310 g/mol.